The summed E-state index contributed by atoms with van der Waals surface area (Å²) in [6, 6.07) is 23.7. The second-order valence-electron chi connectivity index (χ2n) is 9.39. The average molecular weight is 687 g/mol. The molecule has 0 radical (unpaired) electrons. The number of aromatic nitrogens is 1. The molecule has 0 spiro atoms. The van der Waals surface area contributed by atoms with E-state index in [-0.39, 0.29) is 23.7 Å². The zero-order valence-electron chi connectivity index (χ0n) is 21.4. The number of aliphatic hydroxyl groups is 1. The fraction of sp³-hybridized carbons (Fsp3) is 0.172. The first-order valence-electron chi connectivity index (χ1n) is 12.5. The van der Waals surface area contributed by atoms with E-state index >= 15 is 0 Å². The Balaban J connectivity index is 1.54. The molecule has 5 aromatic rings. The Bertz CT molecular complexity index is 1760. The van der Waals surface area contributed by atoms with Crippen molar-refractivity contribution < 1.29 is 18.4 Å². The smallest absolute Gasteiger partial charge is 0.269 e. The molecule has 11 heteroatoms. The third-order valence-corrected chi connectivity index (χ3v) is 9.62. The van der Waals surface area contributed by atoms with Gasteiger partial charge in [0, 0.05) is 42.9 Å². The molecule has 0 aliphatic heterocycles. The molecule has 1 unspecified atom stereocenters. The van der Waals surface area contributed by atoms with Crippen LogP contribution in [0.3, 0.4) is 0 Å². The highest BCUT2D eigenvalue weighted by atomic mass is 79.9. The van der Waals surface area contributed by atoms with Crippen LogP contribution in [0.5, 0.6) is 0 Å². The molecule has 206 valence electrons. The molecular weight excluding hydrogens is 662 g/mol. The number of anilines is 1. The van der Waals surface area contributed by atoms with Crippen LogP contribution in [0.25, 0.3) is 21.8 Å². The van der Waals surface area contributed by atoms with Crippen LogP contribution in [0.15, 0.2) is 98.8 Å². The number of aryl methyl sites for hydroxylation is 1. The van der Waals surface area contributed by atoms with E-state index in [4.69, 9.17) is 0 Å². The summed E-state index contributed by atoms with van der Waals surface area (Å²) < 4.78 is 32.7. The number of hydrogen-bond donors (Lipinski definition) is 1. The average Bonchev–Trinajstić information content (AvgIpc) is 3.23. The normalized spacial score (nSPS) is 12.6. The van der Waals surface area contributed by atoms with Crippen molar-refractivity contribution in [1.29, 1.82) is 0 Å². The van der Waals surface area contributed by atoms with E-state index < -0.39 is 21.1 Å². The molecule has 5 rings (SSSR count). The molecule has 0 bridgehead atoms. The van der Waals surface area contributed by atoms with Crippen LogP contribution in [-0.4, -0.2) is 35.7 Å². The summed E-state index contributed by atoms with van der Waals surface area (Å²) in [5.74, 6) is 0. The number of non-ortho nitro benzene ring substituents is 1. The lowest BCUT2D eigenvalue weighted by Crippen LogP contribution is -2.39. The van der Waals surface area contributed by atoms with Crippen LogP contribution in [0.1, 0.15) is 12.5 Å². The van der Waals surface area contributed by atoms with Crippen LogP contribution in [0.4, 0.5) is 11.4 Å². The Morgan fingerprint density at radius 3 is 1.95 bits per heavy atom. The molecule has 0 aliphatic rings. The lowest BCUT2D eigenvalue weighted by atomic mass is 10.1. The molecule has 0 aliphatic carbocycles. The van der Waals surface area contributed by atoms with Gasteiger partial charge in [-0.1, -0.05) is 50.9 Å². The van der Waals surface area contributed by atoms with Gasteiger partial charge in [0.15, 0.2) is 0 Å². The topological polar surface area (TPSA) is 106 Å². The van der Waals surface area contributed by atoms with Crippen LogP contribution < -0.4 is 4.31 Å². The van der Waals surface area contributed by atoms with E-state index in [0.717, 1.165) is 54.9 Å². The van der Waals surface area contributed by atoms with E-state index in [0.29, 0.717) is 5.69 Å². The minimum Gasteiger partial charge on any atom is -0.389 e. The minimum atomic E-state index is -4.16. The SMILES string of the molecule is CCc1ccc(N(CC(O)Cn2c3ccc(Br)cc3c3cc(Br)ccc32)S(=O)(=O)c2ccc([N+](=O)[O-])cc2)cc1. The summed E-state index contributed by atoms with van der Waals surface area (Å²) >= 11 is 7.08. The van der Waals surface area contributed by atoms with E-state index in [1.165, 1.54) is 16.4 Å². The lowest BCUT2D eigenvalue weighted by molar-refractivity contribution is -0.384. The molecule has 1 aromatic heterocycles. The van der Waals surface area contributed by atoms with Crippen LogP contribution in [0.2, 0.25) is 0 Å². The maximum atomic E-state index is 13.8. The largest absolute Gasteiger partial charge is 0.389 e. The molecule has 0 saturated heterocycles. The Morgan fingerprint density at radius 2 is 1.45 bits per heavy atom. The fourth-order valence-corrected chi connectivity index (χ4v) is 7.04. The zero-order valence-corrected chi connectivity index (χ0v) is 25.4. The van der Waals surface area contributed by atoms with E-state index in [9.17, 15) is 23.6 Å². The summed E-state index contributed by atoms with van der Waals surface area (Å²) in [5.41, 5.74) is 3.05. The molecule has 4 aromatic carbocycles. The number of benzene rings is 4. The van der Waals surface area contributed by atoms with Gasteiger partial charge in [-0.2, -0.15) is 0 Å². The number of aliphatic hydroxyl groups excluding tert-OH is 1. The van der Waals surface area contributed by atoms with Gasteiger partial charge < -0.3 is 9.67 Å². The maximum absolute atomic E-state index is 13.8. The number of halogens is 2. The maximum Gasteiger partial charge on any atom is 0.269 e. The van der Waals surface area contributed by atoms with Crippen molar-refractivity contribution in [2.45, 2.75) is 30.9 Å². The Hall–Kier alpha value is -3.25. The van der Waals surface area contributed by atoms with E-state index in [1.807, 2.05) is 60.0 Å². The van der Waals surface area contributed by atoms with Crippen molar-refractivity contribution in [2.24, 2.45) is 0 Å². The quantitative estimate of drug-likeness (QED) is 0.132. The fourth-order valence-electron chi connectivity index (χ4n) is 4.81. The molecule has 0 fully saturated rings. The number of rotatable bonds is 9. The molecule has 1 atom stereocenters. The summed E-state index contributed by atoms with van der Waals surface area (Å²) in [6.07, 6.45) is -0.289. The van der Waals surface area contributed by atoms with Gasteiger partial charge in [-0.15, -0.1) is 0 Å². The molecule has 0 amide bonds. The number of fused-ring (bicyclic) bond motifs is 3. The predicted octanol–water partition coefficient (Wildman–Crippen LogP) is 7.05. The standard InChI is InChI=1S/C29H25Br2N3O5S/c1-2-19-3-7-22(8-4-19)33(40(38,39)25-11-9-23(10-12-25)34(36)37)18-24(35)17-32-28-13-5-20(30)15-26(28)27-16-21(31)6-14-29(27)32/h3-16,24,35H,2,17-18H2,1H3. The van der Waals surface area contributed by atoms with Gasteiger partial charge in [-0.25, -0.2) is 8.42 Å². The zero-order chi connectivity index (χ0) is 28.6. The molecule has 0 saturated carbocycles. The second-order valence-corrected chi connectivity index (χ2v) is 13.1. The van der Waals surface area contributed by atoms with Gasteiger partial charge in [0.05, 0.1) is 34.7 Å². The van der Waals surface area contributed by atoms with Gasteiger partial charge >= 0.3 is 0 Å². The Labute approximate surface area is 248 Å². The highest BCUT2D eigenvalue weighted by Crippen LogP contribution is 2.34. The van der Waals surface area contributed by atoms with Gasteiger partial charge in [0.1, 0.15) is 0 Å². The first kappa shape index (κ1) is 28.3. The van der Waals surface area contributed by atoms with Crippen LogP contribution >= 0.6 is 31.9 Å². The summed E-state index contributed by atoms with van der Waals surface area (Å²) in [5, 5.41) is 24.5. The van der Waals surface area contributed by atoms with Gasteiger partial charge in [-0.3, -0.25) is 14.4 Å². The van der Waals surface area contributed by atoms with Crippen molar-refractivity contribution in [1.82, 2.24) is 4.57 Å². The molecule has 1 N–H and O–H groups in total. The van der Waals surface area contributed by atoms with Gasteiger partial charge in [-0.05, 0) is 72.6 Å². The number of nitrogens with zero attached hydrogens (tertiary/aromatic N) is 3. The molecule has 1 heterocycles. The minimum absolute atomic E-state index is 0.101. The number of hydrogen-bond acceptors (Lipinski definition) is 5. The molecular formula is C29H25Br2N3O5S. The third-order valence-electron chi connectivity index (χ3n) is 6.83. The number of sulfonamides is 1. The van der Waals surface area contributed by atoms with E-state index in [1.54, 1.807) is 12.1 Å². The van der Waals surface area contributed by atoms with Crippen molar-refractivity contribution in [2.75, 3.05) is 10.8 Å². The molecule has 40 heavy (non-hydrogen) atoms. The Morgan fingerprint density at radius 1 is 0.900 bits per heavy atom. The van der Waals surface area contributed by atoms with Gasteiger partial charge in [0.25, 0.3) is 15.7 Å². The highest BCUT2D eigenvalue weighted by Gasteiger charge is 2.28. The van der Waals surface area contributed by atoms with Crippen molar-refractivity contribution in [3.05, 3.63) is 110 Å². The van der Waals surface area contributed by atoms with Gasteiger partial charge in [0.2, 0.25) is 0 Å². The summed E-state index contributed by atoms with van der Waals surface area (Å²) in [4.78, 5) is 10.4. The first-order chi connectivity index (χ1) is 19.1. The van der Waals surface area contributed by atoms with Crippen molar-refractivity contribution in [3.63, 3.8) is 0 Å². The third kappa shape index (κ3) is 5.51. The first-order valence-corrected chi connectivity index (χ1v) is 15.5. The number of nitro groups is 1. The van der Waals surface area contributed by atoms with Crippen LogP contribution in [-0.2, 0) is 23.0 Å². The second kappa shape index (κ2) is 11.3. The monoisotopic (exact) mass is 685 g/mol. The molecule has 8 nitrogen and oxygen atoms in total. The summed E-state index contributed by atoms with van der Waals surface area (Å²) in [7, 11) is -4.16. The summed E-state index contributed by atoms with van der Waals surface area (Å²) in [6.45, 7) is 1.93. The Kier molecular flexibility index (Phi) is 8.01. The number of nitro benzene ring substituents is 1. The van der Waals surface area contributed by atoms with Crippen molar-refractivity contribution in [3.8, 4) is 0 Å². The lowest BCUT2D eigenvalue weighted by Gasteiger charge is -2.27. The van der Waals surface area contributed by atoms with Crippen molar-refractivity contribution >= 4 is 75.1 Å². The van der Waals surface area contributed by atoms with Crippen LogP contribution in [0, 0.1) is 10.1 Å². The predicted molar refractivity (Wildman–Crippen MR) is 164 cm³/mol. The van der Waals surface area contributed by atoms with E-state index in [2.05, 4.69) is 31.9 Å². The highest BCUT2D eigenvalue weighted by molar-refractivity contribution is 9.10.